The van der Waals surface area contributed by atoms with E-state index in [1.807, 2.05) is 0 Å². The first-order chi connectivity index (χ1) is 19.1. The van der Waals surface area contributed by atoms with E-state index < -0.39 is 0 Å². The van der Waals surface area contributed by atoms with Crippen LogP contribution >= 0.6 is 0 Å². The molecule has 0 radical (unpaired) electrons. The molecule has 0 bridgehead atoms. The fraction of sp³-hybridized carbons (Fsp3) is 0.650. The van der Waals surface area contributed by atoms with Crippen molar-refractivity contribution in [1.82, 2.24) is 0 Å². The van der Waals surface area contributed by atoms with Crippen molar-refractivity contribution in [3.05, 3.63) is 71.7 Å². The second-order valence-corrected chi connectivity index (χ2v) is 17.1. The molecule has 0 aromatic heterocycles. The van der Waals surface area contributed by atoms with Gasteiger partial charge in [0, 0.05) is 22.5 Å². The van der Waals surface area contributed by atoms with E-state index >= 15 is 0 Å². The van der Waals surface area contributed by atoms with E-state index in [-0.39, 0.29) is 41.4 Å². The Kier molecular flexibility index (Phi) is 11.9. The summed E-state index contributed by atoms with van der Waals surface area (Å²) in [6.07, 6.45) is 2.40. The molecule has 2 heterocycles. The molecule has 0 spiro atoms. The maximum absolute atomic E-state index is 2.57. The third-order valence-corrected chi connectivity index (χ3v) is 9.20. The van der Waals surface area contributed by atoms with Crippen molar-refractivity contribution in [2.75, 3.05) is 9.80 Å². The van der Waals surface area contributed by atoms with Crippen LogP contribution in [-0.2, 0) is 19.5 Å². The summed E-state index contributed by atoms with van der Waals surface area (Å²) in [7, 11) is 0. The first-order valence-electron chi connectivity index (χ1n) is 16.7. The van der Waals surface area contributed by atoms with Crippen molar-refractivity contribution in [2.24, 2.45) is 10.8 Å². The van der Waals surface area contributed by atoms with Gasteiger partial charge in [-0.1, -0.05) is 132 Å². The van der Waals surface area contributed by atoms with E-state index in [1.165, 1.54) is 46.5 Å². The zero-order valence-electron chi connectivity index (χ0n) is 30.9. The van der Waals surface area contributed by atoms with E-state index in [4.69, 9.17) is 0 Å². The summed E-state index contributed by atoms with van der Waals surface area (Å²) in [5.74, 6) is 2.19. The van der Waals surface area contributed by atoms with E-state index in [1.54, 1.807) is 0 Å². The fourth-order valence-electron chi connectivity index (χ4n) is 7.85. The number of hydrogen-bond donors (Lipinski definition) is 0. The van der Waals surface area contributed by atoms with Crippen LogP contribution in [0.3, 0.4) is 0 Å². The molecule has 2 nitrogen and oxygen atoms in total. The maximum atomic E-state index is 2.57. The molecule has 4 rings (SSSR count). The third-order valence-electron chi connectivity index (χ3n) is 9.20. The second kappa shape index (κ2) is 13.6. The quantitative estimate of drug-likeness (QED) is 0.230. The van der Waals surface area contributed by atoms with Crippen LogP contribution in [0.25, 0.3) is 0 Å². The second-order valence-electron chi connectivity index (χ2n) is 17.1. The summed E-state index contributed by atoms with van der Waals surface area (Å²) in [4.78, 5) is 5.13. The molecule has 236 valence electrons. The normalized spacial score (nSPS) is 20.1. The minimum atomic E-state index is 0. The molecule has 0 saturated carbocycles. The zero-order chi connectivity index (χ0) is 32.0. The summed E-state index contributed by atoms with van der Waals surface area (Å²) in [6.45, 7) is 42.2. The standard InChI is InChI=1S/2C20H32N.Zn/c2*1-14(2)16-10-9-11-17(15(3)4)18(16)21-13-19(5,6)12-20(21,7)8;/h2*9-11,13-15H,12H2,1-8H3;/q2*-1;+2. The van der Waals surface area contributed by atoms with Crippen molar-refractivity contribution in [3.63, 3.8) is 0 Å². The molecule has 0 unspecified atom stereocenters. The number of para-hydroxylation sites is 2. The van der Waals surface area contributed by atoms with Crippen molar-refractivity contribution < 1.29 is 19.5 Å². The first-order valence-corrected chi connectivity index (χ1v) is 16.7. The summed E-state index contributed by atoms with van der Waals surface area (Å²) in [5, 5.41) is 0. The van der Waals surface area contributed by atoms with Gasteiger partial charge in [-0.15, -0.1) is 10.8 Å². The molecule has 3 heteroatoms. The molecule has 2 aromatic carbocycles. The Balaban J connectivity index is 0.000000293. The minimum Gasteiger partial charge on any atom is -0.517 e. The van der Waals surface area contributed by atoms with E-state index in [0.29, 0.717) is 23.7 Å². The van der Waals surface area contributed by atoms with Gasteiger partial charge in [0.05, 0.1) is 0 Å². The van der Waals surface area contributed by atoms with Crippen LogP contribution in [0.4, 0.5) is 11.4 Å². The molecule has 2 aromatic rings. The van der Waals surface area contributed by atoms with Gasteiger partial charge in [-0.2, -0.15) is 0 Å². The molecule has 0 N–H and O–H groups in total. The molecule has 43 heavy (non-hydrogen) atoms. The van der Waals surface area contributed by atoms with Gasteiger partial charge >= 0.3 is 19.5 Å². The fourth-order valence-corrected chi connectivity index (χ4v) is 7.85. The van der Waals surface area contributed by atoms with Crippen molar-refractivity contribution in [1.29, 1.82) is 0 Å². The zero-order valence-corrected chi connectivity index (χ0v) is 33.9. The summed E-state index contributed by atoms with van der Waals surface area (Å²) < 4.78 is 0. The van der Waals surface area contributed by atoms with Gasteiger partial charge in [0.15, 0.2) is 0 Å². The van der Waals surface area contributed by atoms with E-state index in [9.17, 15) is 0 Å². The number of benzene rings is 2. The Bertz CT molecular complexity index is 1070. The number of rotatable bonds is 6. The van der Waals surface area contributed by atoms with Crippen molar-refractivity contribution in [2.45, 2.75) is 158 Å². The van der Waals surface area contributed by atoms with Gasteiger partial charge in [0.25, 0.3) is 0 Å². The Morgan fingerprint density at radius 1 is 0.488 bits per heavy atom. The first kappa shape index (κ1) is 37.8. The Morgan fingerprint density at radius 3 is 0.884 bits per heavy atom. The Hall–Kier alpha value is -1.34. The van der Waals surface area contributed by atoms with Crippen LogP contribution in [0.2, 0.25) is 0 Å². The molecule has 2 aliphatic rings. The Morgan fingerprint density at radius 2 is 0.721 bits per heavy atom. The summed E-state index contributed by atoms with van der Waals surface area (Å²) in [5.41, 5.74) is 9.70. The van der Waals surface area contributed by atoms with Gasteiger partial charge in [-0.05, 0) is 73.6 Å². The predicted octanol–water partition coefficient (Wildman–Crippen LogP) is 12.2. The smallest absolute Gasteiger partial charge is 0.517 e. The van der Waals surface area contributed by atoms with Crippen molar-refractivity contribution in [3.8, 4) is 0 Å². The minimum absolute atomic E-state index is 0. The van der Waals surface area contributed by atoms with E-state index in [0.717, 1.165) is 0 Å². The molecule has 0 atom stereocenters. The molecule has 2 fully saturated rings. The van der Waals surface area contributed by atoms with Gasteiger partial charge in [-0.3, -0.25) is 0 Å². The molecule has 0 amide bonds. The average Bonchev–Trinajstić information content (AvgIpc) is 3.21. The van der Waals surface area contributed by atoms with Crippen LogP contribution in [-0.4, -0.2) is 11.1 Å². The van der Waals surface area contributed by atoms with Gasteiger partial charge in [0.2, 0.25) is 0 Å². The van der Waals surface area contributed by atoms with Crippen LogP contribution < -0.4 is 9.80 Å². The molecule has 2 aliphatic heterocycles. The monoisotopic (exact) mass is 636 g/mol. The van der Waals surface area contributed by atoms with Crippen LogP contribution in [0.15, 0.2) is 36.4 Å². The van der Waals surface area contributed by atoms with Crippen LogP contribution in [0.1, 0.15) is 170 Å². The molecular formula is C40H64N2Zn. The largest absolute Gasteiger partial charge is 2.00 e. The maximum Gasteiger partial charge on any atom is 2.00 e. The van der Waals surface area contributed by atoms with E-state index in [2.05, 4.69) is 170 Å². The summed E-state index contributed by atoms with van der Waals surface area (Å²) in [6, 6.07) is 13.7. The van der Waals surface area contributed by atoms with Crippen LogP contribution in [0, 0.1) is 23.9 Å². The summed E-state index contributed by atoms with van der Waals surface area (Å²) >= 11 is 0. The van der Waals surface area contributed by atoms with Crippen molar-refractivity contribution >= 4 is 11.4 Å². The van der Waals surface area contributed by atoms with Gasteiger partial charge in [-0.25, -0.2) is 13.1 Å². The van der Waals surface area contributed by atoms with Gasteiger partial charge in [0.1, 0.15) is 0 Å². The Labute approximate surface area is 280 Å². The predicted molar refractivity (Wildman–Crippen MR) is 188 cm³/mol. The molecule has 0 aliphatic carbocycles. The van der Waals surface area contributed by atoms with Gasteiger partial charge < -0.3 is 9.80 Å². The number of nitrogens with zero attached hydrogens (tertiary/aromatic N) is 2. The number of anilines is 2. The molecular weight excluding hydrogens is 574 g/mol. The molecule has 2 saturated heterocycles. The van der Waals surface area contributed by atoms with Crippen LogP contribution in [0.5, 0.6) is 0 Å². The third kappa shape index (κ3) is 8.48. The average molecular weight is 638 g/mol. The topological polar surface area (TPSA) is 6.48 Å². The SMILES string of the molecule is CC(C)c1cccc(C(C)C)c1N1[CH-]C(C)(C)CC1(C)C.CC(C)c1cccc(C(C)C)c1N1[CH-]C(C)(C)CC1(C)C.[Zn+2]. The number of hydrogen-bond acceptors (Lipinski definition) is 2.